The van der Waals surface area contributed by atoms with Crippen molar-refractivity contribution in [2.75, 3.05) is 7.11 Å². The number of carboxylic acid groups (broad SMARTS) is 1. The van der Waals surface area contributed by atoms with Gasteiger partial charge in [0.25, 0.3) is 0 Å². The van der Waals surface area contributed by atoms with Crippen LogP contribution in [0.15, 0.2) is 36.4 Å². The first kappa shape index (κ1) is 21.3. The smallest absolute Gasteiger partial charge is 0.341 e. The van der Waals surface area contributed by atoms with E-state index in [1.165, 1.54) is 13.2 Å². The van der Waals surface area contributed by atoms with Gasteiger partial charge in [-0.3, -0.25) is 0 Å². The van der Waals surface area contributed by atoms with Crippen LogP contribution in [0.2, 0.25) is 10.0 Å². The van der Waals surface area contributed by atoms with E-state index in [1.54, 1.807) is 30.3 Å². The van der Waals surface area contributed by atoms with Crippen molar-refractivity contribution in [3.05, 3.63) is 57.6 Å². The minimum Gasteiger partial charge on any atom is -0.490 e. The van der Waals surface area contributed by atoms with Crippen molar-refractivity contribution in [1.29, 1.82) is 0 Å². The van der Waals surface area contributed by atoms with Gasteiger partial charge in [-0.05, 0) is 62.1 Å². The molecular formula is C21H20Cl2O6. The number of carbonyl (C=O) groups is 2. The number of hydrogen-bond acceptors (Lipinski definition) is 5. The van der Waals surface area contributed by atoms with Crippen LogP contribution in [0.3, 0.4) is 0 Å². The monoisotopic (exact) mass is 438 g/mol. The zero-order chi connectivity index (χ0) is 21.0. The second-order valence-corrected chi connectivity index (χ2v) is 7.58. The van der Waals surface area contributed by atoms with Crippen LogP contribution in [-0.2, 0) is 4.74 Å². The summed E-state index contributed by atoms with van der Waals surface area (Å²) < 4.78 is 15.7. The Morgan fingerprint density at radius 2 is 1.31 bits per heavy atom. The summed E-state index contributed by atoms with van der Waals surface area (Å²) >= 11 is 11.5. The quantitative estimate of drug-likeness (QED) is 0.620. The van der Waals surface area contributed by atoms with Gasteiger partial charge in [-0.1, -0.05) is 23.2 Å². The summed E-state index contributed by atoms with van der Waals surface area (Å²) in [6, 6.07) is 9.60. The van der Waals surface area contributed by atoms with Crippen LogP contribution in [0.5, 0.6) is 11.5 Å². The maximum Gasteiger partial charge on any atom is 0.341 e. The van der Waals surface area contributed by atoms with E-state index < -0.39 is 11.9 Å². The van der Waals surface area contributed by atoms with Crippen LogP contribution >= 0.6 is 23.2 Å². The van der Waals surface area contributed by atoms with Crippen molar-refractivity contribution in [2.24, 2.45) is 0 Å². The molecule has 4 rings (SSSR count). The molecule has 29 heavy (non-hydrogen) atoms. The Morgan fingerprint density at radius 3 is 1.72 bits per heavy atom. The molecule has 6 nitrogen and oxygen atoms in total. The number of ether oxygens (including phenoxy) is 3. The Bertz CT molecular complexity index is 906. The van der Waals surface area contributed by atoms with Crippen LogP contribution in [0.25, 0.3) is 0 Å². The summed E-state index contributed by atoms with van der Waals surface area (Å²) in [4.78, 5) is 22.3. The number of aromatic carboxylic acids is 1. The molecule has 2 fully saturated rings. The van der Waals surface area contributed by atoms with Gasteiger partial charge in [0.1, 0.15) is 22.6 Å². The highest BCUT2D eigenvalue weighted by Gasteiger charge is 2.26. The summed E-state index contributed by atoms with van der Waals surface area (Å²) in [5.41, 5.74) is 0.515. The third-order valence-electron chi connectivity index (χ3n) is 4.15. The van der Waals surface area contributed by atoms with Crippen LogP contribution in [0, 0.1) is 0 Å². The van der Waals surface area contributed by atoms with E-state index >= 15 is 0 Å². The largest absolute Gasteiger partial charge is 0.490 e. The average Bonchev–Trinajstić information content (AvgIpc) is 3.61. The van der Waals surface area contributed by atoms with Crippen molar-refractivity contribution in [3.63, 3.8) is 0 Å². The fraction of sp³-hybridized carbons (Fsp3) is 0.333. The van der Waals surface area contributed by atoms with Crippen molar-refractivity contribution in [2.45, 2.75) is 37.9 Å². The van der Waals surface area contributed by atoms with E-state index in [0.717, 1.165) is 25.7 Å². The number of hydrogen-bond donors (Lipinski definition) is 1. The van der Waals surface area contributed by atoms with E-state index in [2.05, 4.69) is 4.74 Å². The molecule has 0 atom stereocenters. The molecule has 0 aliphatic heterocycles. The lowest BCUT2D eigenvalue weighted by Gasteiger charge is -2.09. The van der Waals surface area contributed by atoms with Crippen LogP contribution in [-0.4, -0.2) is 36.4 Å². The van der Waals surface area contributed by atoms with Gasteiger partial charge in [-0.2, -0.15) is 0 Å². The van der Waals surface area contributed by atoms with Gasteiger partial charge in [0.05, 0.1) is 19.3 Å². The molecule has 0 spiro atoms. The molecule has 154 valence electrons. The molecule has 2 aliphatic rings. The molecule has 2 aromatic carbocycles. The minimum absolute atomic E-state index is 0.129. The Morgan fingerprint density at radius 1 is 0.862 bits per heavy atom. The van der Waals surface area contributed by atoms with Gasteiger partial charge in [0.2, 0.25) is 0 Å². The first-order valence-corrected chi connectivity index (χ1v) is 9.87. The predicted octanol–water partition coefficient (Wildman–Crippen LogP) is 5.25. The first-order chi connectivity index (χ1) is 13.9. The Balaban J connectivity index is 0.000000166. The van der Waals surface area contributed by atoms with E-state index in [0.29, 0.717) is 27.1 Å². The number of esters is 1. The van der Waals surface area contributed by atoms with Gasteiger partial charge < -0.3 is 19.3 Å². The van der Waals surface area contributed by atoms with E-state index in [4.69, 9.17) is 37.8 Å². The molecule has 1 N–H and O–H groups in total. The number of methoxy groups -OCH3 is 1. The lowest BCUT2D eigenvalue weighted by atomic mass is 10.2. The van der Waals surface area contributed by atoms with Gasteiger partial charge >= 0.3 is 11.9 Å². The van der Waals surface area contributed by atoms with Crippen molar-refractivity contribution >= 4 is 35.1 Å². The molecule has 0 saturated heterocycles. The highest BCUT2D eigenvalue weighted by atomic mass is 35.5. The molecular weight excluding hydrogens is 419 g/mol. The maximum atomic E-state index is 11.4. The van der Waals surface area contributed by atoms with Crippen LogP contribution < -0.4 is 9.47 Å². The van der Waals surface area contributed by atoms with Gasteiger partial charge in [0.15, 0.2) is 0 Å². The normalized spacial score (nSPS) is 15.0. The summed E-state index contributed by atoms with van der Waals surface area (Å²) in [6.45, 7) is 0. The fourth-order valence-corrected chi connectivity index (χ4v) is 2.72. The van der Waals surface area contributed by atoms with Gasteiger partial charge in [0, 0.05) is 10.0 Å². The molecule has 0 heterocycles. The highest BCUT2D eigenvalue weighted by molar-refractivity contribution is 6.31. The second kappa shape index (κ2) is 9.37. The number of benzene rings is 2. The fourth-order valence-electron chi connectivity index (χ4n) is 2.38. The second-order valence-electron chi connectivity index (χ2n) is 6.71. The van der Waals surface area contributed by atoms with Crippen LogP contribution in [0.4, 0.5) is 0 Å². The highest BCUT2D eigenvalue weighted by Crippen LogP contribution is 2.31. The topological polar surface area (TPSA) is 82.1 Å². The molecule has 0 amide bonds. The maximum absolute atomic E-state index is 11.4. The Kier molecular flexibility index (Phi) is 6.87. The summed E-state index contributed by atoms with van der Waals surface area (Å²) in [6.07, 6.45) is 4.53. The number of rotatable bonds is 6. The lowest BCUT2D eigenvalue weighted by molar-refractivity contribution is 0.0594. The van der Waals surface area contributed by atoms with Crippen LogP contribution in [0.1, 0.15) is 46.4 Å². The Labute approximate surface area is 178 Å². The van der Waals surface area contributed by atoms with E-state index in [1.807, 2.05) is 0 Å². The summed E-state index contributed by atoms with van der Waals surface area (Å²) in [5, 5.41) is 9.79. The van der Waals surface area contributed by atoms with Crippen molar-refractivity contribution in [3.8, 4) is 11.5 Å². The number of halogens is 2. The first-order valence-electron chi connectivity index (χ1n) is 9.11. The average molecular weight is 439 g/mol. The number of carbonyl (C=O) groups excluding carboxylic acids is 1. The van der Waals surface area contributed by atoms with Crippen molar-refractivity contribution in [1.82, 2.24) is 0 Å². The third-order valence-corrected chi connectivity index (χ3v) is 4.63. The van der Waals surface area contributed by atoms with Crippen molar-refractivity contribution < 1.29 is 28.9 Å². The third kappa shape index (κ3) is 6.27. The minimum atomic E-state index is -1.01. The van der Waals surface area contributed by atoms with Gasteiger partial charge in [-0.25, -0.2) is 9.59 Å². The SMILES string of the molecule is COC(=O)c1cc(Cl)ccc1OC1CC1.O=C(O)c1cc(Cl)ccc1OC1CC1. The zero-order valence-corrected chi connectivity index (χ0v) is 17.2. The molecule has 0 bridgehead atoms. The van der Waals surface area contributed by atoms with E-state index in [9.17, 15) is 9.59 Å². The number of carboxylic acids is 1. The molecule has 0 aromatic heterocycles. The molecule has 8 heteroatoms. The lowest BCUT2D eigenvalue weighted by Crippen LogP contribution is -2.06. The zero-order valence-electron chi connectivity index (χ0n) is 15.7. The molecule has 0 unspecified atom stereocenters. The van der Waals surface area contributed by atoms with E-state index in [-0.39, 0.29) is 17.8 Å². The standard InChI is InChI=1S/C11H11ClO3.C10H9ClO3/c1-14-11(13)9-6-7(12)2-5-10(9)15-8-3-4-8;11-6-1-4-9(14-7-2-3-7)8(5-6)10(12)13/h2,5-6,8H,3-4H2,1H3;1,4-5,7H,2-3H2,(H,12,13). The Hall–Kier alpha value is -2.44. The molecule has 2 saturated carbocycles. The molecule has 2 aromatic rings. The summed E-state index contributed by atoms with van der Waals surface area (Å²) in [5.74, 6) is -0.477. The summed E-state index contributed by atoms with van der Waals surface area (Å²) in [7, 11) is 1.34. The molecule has 0 radical (unpaired) electrons. The molecule has 2 aliphatic carbocycles. The predicted molar refractivity (Wildman–Crippen MR) is 109 cm³/mol. The van der Waals surface area contributed by atoms with Gasteiger partial charge in [-0.15, -0.1) is 0 Å².